The van der Waals surface area contributed by atoms with E-state index in [4.69, 9.17) is 11.6 Å². The van der Waals surface area contributed by atoms with Gasteiger partial charge in [0, 0.05) is 4.88 Å². The van der Waals surface area contributed by atoms with Crippen molar-refractivity contribution < 1.29 is 14.4 Å². The molecule has 0 spiro atoms. The molecule has 1 aromatic carbocycles. The molecule has 148 valence electrons. The maximum Gasteiger partial charge on any atom is 0.279 e. The molecule has 0 fully saturated rings. The third kappa shape index (κ3) is 4.91. The summed E-state index contributed by atoms with van der Waals surface area (Å²) in [5, 5.41) is 2.78. The molecule has 28 heavy (non-hydrogen) atoms. The summed E-state index contributed by atoms with van der Waals surface area (Å²) in [5.41, 5.74) is 6.26. The van der Waals surface area contributed by atoms with Gasteiger partial charge in [-0.05, 0) is 48.9 Å². The van der Waals surface area contributed by atoms with E-state index in [1.807, 2.05) is 6.07 Å². The van der Waals surface area contributed by atoms with Gasteiger partial charge in [-0.25, -0.2) is 0 Å². The number of fused-ring (bicyclic) bond motifs is 1. The van der Waals surface area contributed by atoms with Gasteiger partial charge in [0.05, 0.1) is 22.0 Å². The van der Waals surface area contributed by atoms with Crippen LogP contribution >= 0.6 is 22.9 Å². The number of aryl methyl sites for hydroxylation is 1. The molecule has 3 rings (SSSR count). The van der Waals surface area contributed by atoms with Crippen LogP contribution in [0.5, 0.6) is 0 Å². The number of carbonyl (C=O) groups excluding carboxylic acids is 3. The number of hydrogen-bond donors (Lipinski definition) is 3. The van der Waals surface area contributed by atoms with E-state index in [1.165, 1.54) is 21.8 Å². The molecule has 0 radical (unpaired) electrons. The fourth-order valence-electron chi connectivity index (χ4n) is 3.19. The number of hydrogen-bond acceptors (Lipinski definition) is 4. The van der Waals surface area contributed by atoms with Crippen LogP contribution in [-0.2, 0) is 17.6 Å². The lowest BCUT2D eigenvalue weighted by Gasteiger charge is -2.19. The summed E-state index contributed by atoms with van der Waals surface area (Å²) in [7, 11) is 0. The predicted octanol–water partition coefficient (Wildman–Crippen LogP) is 3.11. The maximum absolute atomic E-state index is 12.3. The van der Waals surface area contributed by atoms with Crippen LogP contribution < -0.4 is 16.2 Å². The smallest absolute Gasteiger partial charge is 0.279 e. The van der Waals surface area contributed by atoms with Gasteiger partial charge in [-0.2, -0.15) is 0 Å². The number of benzene rings is 1. The van der Waals surface area contributed by atoms with Crippen LogP contribution in [0.3, 0.4) is 0 Å². The van der Waals surface area contributed by atoms with Gasteiger partial charge < -0.3 is 5.32 Å². The molecular formula is C20H22ClN3O3S. The average Bonchev–Trinajstić information content (AvgIpc) is 3.13. The summed E-state index contributed by atoms with van der Waals surface area (Å²) >= 11 is 7.43. The Morgan fingerprint density at radius 1 is 1.18 bits per heavy atom. The largest absolute Gasteiger partial charge is 0.343 e. The van der Waals surface area contributed by atoms with Crippen molar-refractivity contribution >= 4 is 40.7 Å². The summed E-state index contributed by atoms with van der Waals surface area (Å²) in [6, 6.07) is 8.48. The molecule has 1 heterocycles. The summed E-state index contributed by atoms with van der Waals surface area (Å²) in [4.78, 5) is 38.1. The summed E-state index contributed by atoms with van der Waals surface area (Å²) < 4.78 is 0. The molecule has 3 N–H and O–H groups in total. The van der Waals surface area contributed by atoms with E-state index in [-0.39, 0.29) is 18.0 Å². The quantitative estimate of drug-likeness (QED) is 0.651. The van der Waals surface area contributed by atoms with E-state index in [2.05, 4.69) is 23.1 Å². The minimum absolute atomic E-state index is 0.274. The van der Waals surface area contributed by atoms with Crippen LogP contribution in [0.25, 0.3) is 0 Å². The molecule has 0 bridgehead atoms. The van der Waals surface area contributed by atoms with Crippen LogP contribution in [0.15, 0.2) is 30.3 Å². The highest BCUT2D eigenvalue weighted by Crippen LogP contribution is 2.33. The van der Waals surface area contributed by atoms with Gasteiger partial charge in [-0.1, -0.05) is 37.1 Å². The highest BCUT2D eigenvalue weighted by Gasteiger charge is 2.22. The second-order valence-electron chi connectivity index (χ2n) is 6.74. The average molecular weight is 420 g/mol. The van der Waals surface area contributed by atoms with Crippen molar-refractivity contribution in [1.29, 1.82) is 0 Å². The normalized spacial score (nSPS) is 15.4. The zero-order chi connectivity index (χ0) is 20.1. The Kier molecular flexibility index (Phi) is 6.70. The molecule has 6 nitrogen and oxygen atoms in total. The molecule has 1 aliphatic carbocycles. The van der Waals surface area contributed by atoms with Crippen molar-refractivity contribution in [3.63, 3.8) is 0 Å². The number of nitrogens with one attached hydrogen (secondary N) is 3. The standard InChI is InChI=1S/C20H22ClN3O3S/c1-2-12-7-8-16-13(9-12)10-17(28-16)20(27)24-23-18(25)11-22-19(26)14-5-3-4-6-15(14)21/h3-6,10,12H,2,7-9,11H2,1H3,(H,22,26)(H,23,25)(H,24,27)/t12-/m1/s1. The van der Waals surface area contributed by atoms with Crippen molar-refractivity contribution in [2.45, 2.75) is 32.6 Å². The lowest BCUT2D eigenvalue weighted by atomic mass is 9.87. The summed E-state index contributed by atoms with van der Waals surface area (Å²) in [5.74, 6) is -0.651. The lowest BCUT2D eigenvalue weighted by molar-refractivity contribution is -0.120. The molecular weight excluding hydrogens is 398 g/mol. The van der Waals surface area contributed by atoms with E-state index in [1.54, 1.807) is 24.3 Å². The second kappa shape index (κ2) is 9.21. The van der Waals surface area contributed by atoms with E-state index >= 15 is 0 Å². The monoisotopic (exact) mass is 419 g/mol. The van der Waals surface area contributed by atoms with Crippen LogP contribution in [0.4, 0.5) is 0 Å². The van der Waals surface area contributed by atoms with Crippen LogP contribution in [0.2, 0.25) is 5.02 Å². The van der Waals surface area contributed by atoms with Gasteiger partial charge in [0.2, 0.25) is 0 Å². The van der Waals surface area contributed by atoms with Crippen LogP contribution in [0, 0.1) is 5.92 Å². The molecule has 1 aliphatic rings. The Morgan fingerprint density at radius 2 is 1.96 bits per heavy atom. The van der Waals surface area contributed by atoms with Crippen LogP contribution in [-0.4, -0.2) is 24.3 Å². The molecule has 0 unspecified atom stereocenters. The summed E-state index contributed by atoms with van der Waals surface area (Å²) in [6.07, 6.45) is 4.32. The molecule has 0 saturated heterocycles. The van der Waals surface area contributed by atoms with Gasteiger partial charge in [0.15, 0.2) is 0 Å². The van der Waals surface area contributed by atoms with Gasteiger partial charge in [-0.3, -0.25) is 25.2 Å². The topological polar surface area (TPSA) is 87.3 Å². The number of rotatable bonds is 5. The molecule has 3 amide bonds. The van der Waals surface area contributed by atoms with E-state index < -0.39 is 11.8 Å². The highest BCUT2D eigenvalue weighted by atomic mass is 35.5. The lowest BCUT2D eigenvalue weighted by Crippen LogP contribution is -2.46. The van der Waals surface area contributed by atoms with Crippen molar-refractivity contribution in [2.75, 3.05) is 6.54 Å². The number of carbonyl (C=O) groups is 3. The predicted molar refractivity (Wildman–Crippen MR) is 110 cm³/mol. The highest BCUT2D eigenvalue weighted by molar-refractivity contribution is 7.14. The zero-order valence-electron chi connectivity index (χ0n) is 15.5. The minimum Gasteiger partial charge on any atom is -0.343 e. The van der Waals surface area contributed by atoms with Gasteiger partial charge >= 0.3 is 0 Å². The summed E-state index contributed by atoms with van der Waals surface area (Å²) in [6.45, 7) is 1.92. The van der Waals surface area contributed by atoms with Crippen molar-refractivity contribution in [2.24, 2.45) is 5.92 Å². The Balaban J connectivity index is 1.47. The third-order valence-corrected chi connectivity index (χ3v) is 6.39. The van der Waals surface area contributed by atoms with Gasteiger partial charge in [-0.15, -0.1) is 11.3 Å². The number of halogens is 1. The Hall–Kier alpha value is -2.38. The maximum atomic E-state index is 12.3. The van der Waals surface area contributed by atoms with Crippen molar-refractivity contribution in [3.8, 4) is 0 Å². The first kappa shape index (κ1) is 20.4. The van der Waals surface area contributed by atoms with E-state index in [0.717, 1.165) is 25.7 Å². The first-order valence-corrected chi connectivity index (χ1v) is 10.4. The molecule has 8 heteroatoms. The Labute approximate surface area is 172 Å². The molecule has 0 aliphatic heterocycles. The Morgan fingerprint density at radius 3 is 2.71 bits per heavy atom. The third-order valence-electron chi connectivity index (χ3n) is 4.83. The SMILES string of the molecule is CC[C@@H]1CCc2sc(C(=O)NNC(=O)CNC(=O)c3ccccc3Cl)cc2C1. The van der Waals surface area contributed by atoms with Gasteiger partial charge in [0.25, 0.3) is 17.7 Å². The van der Waals surface area contributed by atoms with Crippen molar-refractivity contribution in [1.82, 2.24) is 16.2 Å². The minimum atomic E-state index is -0.527. The fraction of sp³-hybridized carbons (Fsp3) is 0.350. The Bertz CT molecular complexity index is 897. The zero-order valence-corrected chi connectivity index (χ0v) is 17.1. The second-order valence-corrected chi connectivity index (χ2v) is 8.28. The molecule has 0 saturated carbocycles. The molecule has 1 aromatic heterocycles. The first-order valence-electron chi connectivity index (χ1n) is 9.21. The number of amides is 3. The van der Waals surface area contributed by atoms with Crippen molar-refractivity contribution in [3.05, 3.63) is 56.2 Å². The van der Waals surface area contributed by atoms with E-state index in [9.17, 15) is 14.4 Å². The van der Waals surface area contributed by atoms with Gasteiger partial charge in [0.1, 0.15) is 0 Å². The fourth-order valence-corrected chi connectivity index (χ4v) is 4.52. The number of hydrazine groups is 1. The molecule has 1 atom stereocenters. The first-order chi connectivity index (χ1) is 13.5. The molecule has 2 aromatic rings. The van der Waals surface area contributed by atoms with Crippen LogP contribution in [0.1, 0.15) is 50.2 Å². The number of thiophene rings is 1. The van der Waals surface area contributed by atoms with E-state index in [0.29, 0.717) is 15.8 Å².